The largest absolute Gasteiger partial charge is 0.381 e. The molecule has 0 atom stereocenters. The fourth-order valence-electron chi connectivity index (χ4n) is 2.70. The van der Waals surface area contributed by atoms with Crippen LogP contribution in [-0.2, 0) is 10.2 Å². The van der Waals surface area contributed by atoms with Crippen LogP contribution in [-0.4, -0.2) is 24.7 Å². The molecule has 0 spiro atoms. The van der Waals surface area contributed by atoms with Crippen molar-refractivity contribution in [2.24, 2.45) is 5.73 Å². The highest BCUT2D eigenvalue weighted by atomic mass is 32.1. The van der Waals surface area contributed by atoms with Gasteiger partial charge in [-0.05, 0) is 32.6 Å². The van der Waals surface area contributed by atoms with Crippen molar-refractivity contribution in [2.45, 2.75) is 43.9 Å². The van der Waals surface area contributed by atoms with Gasteiger partial charge in [-0.25, -0.2) is 4.98 Å². The standard InChI is InChI=1S/C13H20N2OS/c1-9-11(13(8-14)4-5-13)17-12(15-9)10-2-6-16-7-3-10/h10H,2-8,14H2,1H3. The van der Waals surface area contributed by atoms with E-state index in [9.17, 15) is 0 Å². The monoisotopic (exact) mass is 252 g/mol. The highest BCUT2D eigenvalue weighted by Crippen LogP contribution is 2.51. The van der Waals surface area contributed by atoms with Crippen molar-refractivity contribution >= 4 is 11.3 Å². The van der Waals surface area contributed by atoms with Crippen molar-refractivity contribution in [3.63, 3.8) is 0 Å². The van der Waals surface area contributed by atoms with Gasteiger partial charge in [0.25, 0.3) is 0 Å². The summed E-state index contributed by atoms with van der Waals surface area (Å²) in [6.07, 6.45) is 4.75. The Kier molecular flexibility index (Phi) is 2.97. The number of nitrogens with two attached hydrogens (primary N) is 1. The molecule has 2 fully saturated rings. The van der Waals surface area contributed by atoms with Crippen LogP contribution >= 0.6 is 11.3 Å². The van der Waals surface area contributed by atoms with Crippen LogP contribution in [0.15, 0.2) is 0 Å². The van der Waals surface area contributed by atoms with Gasteiger partial charge >= 0.3 is 0 Å². The predicted octanol–water partition coefficient (Wildman–Crippen LogP) is 2.34. The maximum Gasteiger partial charge on any atom is 0.0963 e. The van der Waals surface area contributed by atoms with Crippen LogP contribution in [0, 0.1) is 6.92 Å². The summed E-state index contributed by atoms with van der Waals surface area (Å²) < 4.78 is 5.42. The molecule has 0 amide bonds. The van der Waals surface area contributed by atoms with E-state index in [-0.39, 0.29) is 0 Å². The number of ether oxygens (including phenoxy) is 1. The molecule has 3 nitrogen and oxygen atoms in total. The van der Waals surface area contributed by atoms with Gasteiger partial charge in [-0.2, -0.15) is 0 Å². The lowest BCUT2D eigenvalue weighted by atomic mass is 10.0. The van der Waals surface area contributed by atoms with Gasteiger partial charge in [0.15, 0.2) is 0 Å². The fourth-order valence-corrected chi connectivity index (χ4v) is 4.19. The summed E-state index contributed by atoms with van der Waals surface area (Å²) in [6, 6.07) is 0. The van der Waals surface area contributed by atoms with Gasteiger partial charge in [0.2, 0.25) is 0 Å². The Balaban J connectivity index is 1.85. The molecule has 1 aliphatic carbocycles. The van der Waals surface area contributed by atoms with Gasteiger partial charge < -0.3 is 10.5 Å². The lowest BCUT2D eigenvalue weighted by Crippen LogP contribution is -2.19. The maximum atomic E-state index is 5.92. The molecule has 2 aliphatic rings. The SMILES string of the molecule is Cc1nc(C2CCOCC2)sc1C1(CN)CC1. The summed E-state index contributed by atoms with van der Waals surface area (Å²) in [5.74, 6) is 0.620. The lowest BCUT2D eigenvalue weighted by molar-refractivity contribution is 0.0852. The smallest absolute Gasteiger partial charge is 0.0963 e. The average molecular weight is 252 g/mol. The topological polar surface area (TPSA) is 48.1 Å². The number of rotatable bonds is 3. The third kappa shape index (κ3) is 2.02. The number of hydrogen-bond donors (Lipinski definition) is 1. The summed E-state index contributed by atoms with van der Waals surface area (Å²) in [7, 11) is 0. The normalized spacial score (nSPS) is 23.9. The van der Waals surface area contributed by atoms with E-state index in [4.69, 9.17) is 15.5 Å². The van der Waals surface area contributed by atoms with Crippen LogP contribution in [0.3, 0.4) is 0 Å². The predicted molar refractivity (Wildman–Crippen MR) is 69.6 cm³/mol. The Bertz CT molecular complexity index is 406. The van der Waals surface area contributed by atoms with E-state index >= 15 is 0 Å². The maximum absolute atomic E-state index is 5.92. The number of nitrogens with zero attached hydrogens (tertiary/aromatic N) is 1. The first-order valence-electron chi connectivity index (χ1n) is 6.51. The van der Waals surface area contributed by atoms with Gasteiger partial charge in [-0.3, -0.25) is 0 Å². The van der Waals surface area contributed by atoms with Crippen LogP contribution in [0.5, 0.6) is 0 Å². The minimum atomic E-state index is 0.297. The highest BCUT2D eigenvalue weighted by Gasteiger charge is 2.46. The van der Waals surface area contributed by atoms with Crippen molar-refractivity contribution in [3.8, 4) is 0 Å². The van der Waals surface area contributed by atoms with Crippen LogP contribution in [0.1, 0.15) is 47.2 Å². The van der Waals surface area contributed by atoms with E-state index in [1.807, 2.05) is 11.3 Å². The molecule has 1 aliphatic heterocycles. The van der Waals surface area contributed by atoms with Crippen LogP contribution < -0.4 is 5.73 Å². The molecule has 94 valence electrons. The van der Waals surface area contributed by atoms with Crippen LogP contribution in [0.25, 0.3) is 0 Å². The number of thiazole rings is 1. The second-order valence-electron chi connectivity index (χ2n) is 5.34. The minimum Gasteiger partial charge on any atom is -0.381 e. The lowest BCUT2D eigenvalue weighted by Gasteiger charge is -2.19. The number of aryl methyl sites for hydroxylation is 1. The molecular formula is C13H20N2OS. The third-order valence-corrected chi connectivity index (χ3v) is 5.68. The van der Waals surface area contributed by atoms with Gasteiger partial charge in [0.05, 0.1) is 10.7 Å². The first-order valence-corrected chi connectivity index (χ1v) is 7.32. The molecule has 0 unspecified atom stereocenters. The molecular weight excluding hydrogens is 232 g/mol. The molecule has 0 radical (unpaired) electrons. The minimum absolute atomic E-state index is 0.297. The zero-order valence-corrected chi connectivity index (χ0v) is 11.2. The average Bonchev–Trinajstić information content (AvgIpc) is 3.07. The third-order valence-electron chi connectivity index (χ3n) is 4.11. The molecule has 1 saturated heterocycles. The van der Waals surface area contributed by atoms with Crippen LogP contribution in [0.2, 0.25) is 0 Å². The molecule has 3 rings (SSSR count). The Morgan fingerprint density at radius 3 is 2.71 bits per heavy atom. The molecule has 17 heavy (non-hydrogen) atoms. The van der Waals surface area contributed by atoms with E-state index in [0.717, 1.165) is 32.6 Å². The molecule has 2 N–H and O–H groups in total. The van der Waals surface area contributed by atoms with E-state index in [1.165, 1.54) is 28.4 Å². The first kappa shape index (κ1) is 11.6. The molecule has 0 aromatic carbocycles. The van der Waals surface area contributed by atoms with Gasteiger partial charge in [-0.15, -0.1) is 11.3 Å². The number of hydrogen-bond acceptors (Lipinski definition) is 4. The number of aromatic nitrogens is 1. The van der Waals surface area contributed by atoms with E-state index < -0.39 is 0 Å². The zero-order chi connectivity index (χ0) is 11.9. The first-order chi connectivity index (χ1) is 8.25. The molecule has 4 heteroatoms. The van der Waals surface area contributed by atoms with Gasteiger partial charge in [0.1, 0.15) is 0 Å². The molecule has 1 aromatic heterocycles. The van der Waals surface area contributed by atoms with Crippen molar-refractivity contribution in [1.82, 2.24) is 4.98 Å². The van der Waals surface area contributed by atoms with Crippen molar-refractivity contribution in [1.29, 1.82) is 0 Å². The zero-order valence-electron chi connectivity index (χ0n) is 10.4. The molecule has 0 bridgehead atoms. The van der Waals surface area contributed by atoms with Crippen molar-refractivity contribution in [3.05, 3.63) is 15.6 Å². The summed E-state index contributed by atoms with van der Waals surface area (Å²) in [4.78, 5) is 6.26. The molecule has 2 heterocycles. The van der Waals surface area contributed by atoms with Gasteiger partial charge in [-0.1, -0.05) is 0 Å². The van der Waals surface area contributed by atoms with E-state index in [1.54, 1.807) is 0 Å². The second kappa shape index (κ2) is 4.34. The Morgan fingerprint density at radius 2 is 2.12 bits per heavy atom. The Morgan fingerprint density at radius 1 is 1.41 bits per heavy atom. The fraction of sp³-hybridized carbons (Fsp3) is 0.769. The summed E-state index contributed by atoms with van der Waals surface area (Å²) in [5, 5.41) is 1.32. The summed E-state index contributed by atoms with van der Waals surface area (Å²) in [5.41, 5.74) is 7.43. The van der Waals surface area contributed by atoms with Gasteiger partial charge in [0, 0.05) is 36.0 Å². The Labute approximate surface area is 106 Å². The summed E-state index contributed by atoms with van der Waals surface area (Å²) >= 11 is 1.91. The van der Waals surface area contributed by atoms with Crippen molar-refractivity contribution in [2.75, 3.05) is 19.8 Å². The summed E-state index contributed by atoms with van der Waals surface area (Å²) in [6.45, 7) is 4.70. The second-order valence-corrected chi connectivity index (χ2v) is 6.37. The Hall–Kier alpha value is -0.450. The molecule has 1 saturated carbocycles. The van der Waals surface area contributed by atoms with E-state index in [2.05, 4.69) is 6.92 Å². The van der Waals surface area contributed by atoms with Crippen molar-refractivity contribution < 1.29 is 4.74 Å². The highest BCUT2D eigenvalue weighted by molar-refractivity contribution is 7.12. The van der Waals surface area contributed by atoms with Crippen LogP contribution in [0.4, 0.5) is 0 Å². The quantitative estimate of drug-likeness (QED) is 0.898. The van der Waals surface area contributed by atoms with E-state index in [0.29, 0.717) is 11.3 Å². The molecule has 1 aromatic rings.